The summed E-state index contributed by atoms with van der Waals surface area (Å²) in [6, 6.07) is 8.45. The number of aryl methyl sites for hydroxylation is 3. The summed E-state index contributed by atoms with van der Waals surface area (Å²) in [7, 11) is 1.78. The number of amides is 1. The van der Waals surface area contributed by atoms with Gasteiger partial charge < -0.3 is 15.5 Å². The second kappa shape index (κ2) is 9.74. The van der Waals surface area contributed by atoms with E-state index in [1.807, 2.05) is 23.4 Å². The number of thiocarbonyl (C=S) groups is 1. The van der Waals surface area contributed by atoms with Gasteiger partial charge in [-0.05, 0) is 57.8 Å². The van der Waals surface area contributed by atoms with Crippen molar-refractivity contribution in [2.24, 2.45) is 7.05 Å². The summed E-state index contributed by atoms with van der Waals surface area (Å²) in [4.78, 5) is 15.0. The first-order valence-corrected chi connectivity index (χ1v) is 11.7. The molecule has 3 aromatic rings. The number of carbonyl (C=O) groups is 1. The fraction of sp³-hybridized carbons (Fsp3) is 0.417. The van der Waals surface area contributed by atoms with Crippen LogP contribution in [-0.4, -0.2) is 48.6 Å². The number of carbonyl (C=O) groups excluding carboxylic acids is 1. The Balaban J connectivity index is 1.47. The summed E-state index contributed by atoms with van der Waals surface area (Å²) < 4.78 is 3.58. The summed E-state index contributed by atoms with van der Waals surface area (Å²) in [6.45, 7) is 8.31. The van der Waals surface area contributed by atoms with Crippen molar-refractivity contribution in [3.8, 4) is 0 Å². The Kier molecular flexibility index (Phi) is 6.78. The fourth-order valence-corrected chi connectivity index (χ4v) is 4.41. The van der Waals surface area contributed by atoms with Crippen LogP contribution in [0.3, 0.4) is 0 Å². The average Bonchev–Trinajstić information content (AvgIpc) is 3.29. The SMILES string of the molecule is Cc1ccc(Cn2nc(C)c(NC(=S)Nc3cnn(C)c3C(=O)N3CCCCC3)c2C)cc1. The van der Waals surface area contributed by atoms with E-state index in [0.29, 0.717) is 23.0 Å². The lowest BCUT2D eigenvalue weighted by Crippen LogP contribution is -2.37. The number of rotatable bonds is 5. The third-order valence-electron chi connectivity index (χ3n) is 6.11. The van der Waals surface area contributed by atoms with E-state index in [1.54, 1.807) is 17.9 Å². The van der Waals surface area contributed by atoms with E-state index >= 15 is 0 Å². The zero-order valence-electron chi connectivity index (χ0n) is 19.7. The Morgan fingerprint density at radius 2 is 1.76 bits per heavy atom. The minimum atomic E-state index is -0.0155. The van der Waals surface area contributed by atoms with Crippen molar-refractivity contribution >= 4 is 34.6 Å². The Labute approximate surface area is 200 Å². The maximum absolute atomic E-state index is 13.1. The normalized spacial score (nSPS) is 13.8. The largest absolute Gasteiger partial charge is 0.337 e. The molecule has 1 aliphatic rings. The minimum absolute atomic E-state index is 0.0155. The Morgan fingerprint density at radius 3 is 2.45 bits per heavy atom. The number of nitrogens with one attached hydrogen (secondary N) is 2. The monoisotopic (exact) mass is 465 g/mol. The molecule has 3 heterocycles. The van der Waals surface area contributed by atoms with Crippen LogP contribution in [0.1, 0.15) is 52.3 Å². The number of benzene rings is 1. The van der Waals surface area contributed by atoms with Gasteiger partial charge >= 0.3 is 0 Å². The van der Waals surface area contributed by atoms with Gasteiger partial charge in [0.05, 0.1) is 35.5 Å². The van der Waals surface area contributed by atoms with E-state index in [-0.39, 0.29) is 5.91 Å². The highest BCUT2D eigenvalue weighted by Crippen LogP contribution is 2.23. The number of likely N-dealkylation sites (tertiary alicyclic amines) is 1. The number of aromatic nitrogens is 4. The van der Waals surface area contributed by atoms with Crippen molar-refractivity contribution in [3.63, 3.8) is 0 Å². The van der Waals surface area contributed by atoms with Crippen molar-refractivity contribution < 1.29 is 4.79 Å². The van der Waals surface area contributed by atoms with E-state index in [2.05, 4.69) is 52.0 Å². The number of hydrogen-bond donors (Lipinski definition) is 2. The molecule has 1 fully saturated rings. The summed E-state index contributed by atoms with van der Waals surface area (Å²) in [5.41, 5.74) is 6.27. The van der Waals surface area contributed by atoms with E-state index in [4.69, 9.17) is 12.2 Å². The van der Waals surface area contributed by atoms with E-state index in [9.17, 15) is 4.79 Å². The second-order valence-corrected chi connectivity index (χ2v) is 9.06. The summed E-state index contributed by atoms with van der Waals surface area (Å²) in [5.74, 6) is -0.0155. The number of piperidine rings is 1. The highest BCUT2D eigenvalue weighted by atomic mass is 32.1. The van der Waals surface area contributed by atoms with Crippen LogP contribution in [0.2, 0.25) is 0 Å². The molecular weight excluding hydrogens is 434 g/mol. The van der Waals surface area contributed by atoms with Crippen molar-refractivity contribution in [1.29, 1.82) is 0 Å². The molecule has 0 atom stereocenters. The Hall–Kier alpha value is -3.20. The number of nitrogens with zero attached hydrogens (tertiary/aromatic N) is 5. The lowest BCUT2D eigenvalue weighted by atomic mass is 10.1. The highest BCUT2D eigenvalue weighted by molar-refractivity contribution is 7.80. The molecule has 0 spiro atoms. The molecule has 1 aliphatic heterocycles. The molecular formula is C24H31N7OS. The van der Waals surface area contributed by atoms with Crippen LogP contribution >= 0.6 is 12.2 Å². The van der Waals surface area contributed by atoms with Gasteiger partial charge in [0, 0.05) is 20.1 Å². The molecule has 1 amide bonds. The van der Waals surface area contributed by atoms with Crippen LogP contribution in [0.15, 0.2) is 30.5 Å². The maximum atomic E-state index is 13.1. The van der Waals surface area contributed by atoms with Crippen LogP contribution in [0.5, 0.6) is 0 Å². The third-order valence-corrected chi connectivity index (χ3v) is 6.31. The van der Waals surface area contributed by atoms with E-state index in [0.717, 1.165) is 43.0 Å². The van der Waals surface area contributed by atoms with Crippen LogP contribution in [0, 0.1) is 20.8 Å². The third kappa shape index (κ3) is 5.08. The van der Waals surface area contributed by atoms with Gasteiger partial charge in [-0.15, -0.1) is 0 Å². The van der Waals surface area contributed by atoms with Crippen LogP contribution in [-0.2, 0) is 13.6 Å². The standard InChI is InChI=1S/C24H31N7OS/c1-16-8-10-19(11-9-16)15-31-18(3)21(17(2)28-31)27-24(33)26-20-14-25-29(4)22(20)23(32)30-12-6-5-7-13-30/h8-11,14H,5-7,12-13,15H2,1-4H3,(H2,26,27,33). The topological polar surface area (TPSA) is 80.0 Å². The lowest BCUT2D eigenvalue weighted by molar-refractivity contribution is 0.0714. The predicted octanol–water partition coefficient (Wildman–Crippen LogP) is 4.03. The molecule has 2 N–H and O–H groups in total. The molecule has 2 aromatic heterocycles. The smallest absolute Gasteiger partial charge is 0.274 e. The van der Waals surface area contributed by atoms with E-state index in [1.165, 1.54) is 17.5 Å². The predicted molar refractivity (Wildman–Crippen MR) is 135 cm³/mol. The van der Waals surface area contributed by atoms with Gasteiger partial charge in [0.25, 0.3) is 5.91 Å². The van der Waals surface area contributed by atoms with Crippen LogP contribution in [0.4, 0.5) is 11.4 Å². The molecule has 8 nitrogen and oxygen atoms in total. The molecule has 174 valence electrons. The molecule has 0 unspecified atom stereocenters. The van der Waals surface area contributed by atoms with Crippen LogP contribution in [0.25, 0.3) is 0 Å². The molecule has 1 aromatic carbocycles. The molecule has 0 radical (unpaired) electrons. The average molecular weight is 466 g/mol. The van der Waals surface area contributed by atoms with Crippen LogP contribution < -0.4 is 10.6 Å². The zero-order valence-corrected chi connectivity index (χ0v) is 20.5. The second-order valence-electron chi connectivity index (χ2n) is 8.65. The molecule has 33 heavy (non-hydrogen) atoms. The summed E-state index contributed by atoms with van der Waals surface area (Å²) >= 11 is 5.58. The van der Waals surface area contributed by atoms with Crippen molar-refractivity contribution in [3.05, 3.63) is 58.7 Å². The lowest BCUT2D eigenvalue weighted by Gasteiger charge is -2.27. The van der Waals surface area contributed by atoms with Gasteiger partial charge in [-0.2, -0.15) is 10.2 Å². The summed E-state index contributed by atoms with van der Waals surface area (Å²) in [5, 5.41) is 15.8. The molecule has 4 rings (SSSR count). The summed E-state index contributed by atoms with van der Waals surface area (Å²) in [6.07, 6.45) is 4.89. The first-order valence-electron chi connectivity index (χ1n) is 11.3. The van der Waals surface area contributed by atoms with Crippen molar-refractivity contribution in [2.45, 2.75) is 46.6 Å². The molecule has 0 bridgehead atoms. The van der Waals surface area contributed by atoms with Gasteiger partial charge in [0.2, 0.25) is 0 Å². The van der Waals surface area contributed by atoms with Gasteiger partial charge in [0.1, 0.15) is 5.69 Å². The first-order chi connectivity index (χ1) is 15.8. The Bertz CT molecular complexity index is 1160. The number of hydrogen-bond acceptors (Lipinski definition) is 4. The molecule has 1 saturated heterocycles. The quantitative estimate of drug-likeness (QED) is 0.554. The highest BCUT2D eigenvalue weighted by Gasteiger charge is 2.25. The number of anilines is 2. The van der Waals surface area contributed by atoms with E-state index < -0.39 is 0 Å². The Morgan fingerprint density at radius 1 is 1.06 bits per heavy atom. The molecule has 0 saturated carbocycles. The van der Waals surface area contributed by atoms with Gasteiger partial charge in [0.15, 0.2) is 5.11 Å². The van der Waals surface area contributed by atoms with Gasteiger partial charge in [-0.25, -0.2) is 0 Å². The van der Waals surface area contributed by atoms with Crippen molar-refractivity contribution in [1.82, 2.24) is 24.5 Å². The van der Waals surface area contributed by atoms with Crippen molar-refractivity contribution in [2.75, 3.05) is 23.7 Å². The fourth-order valence-electron chi connectivity index (χ4n) is 4.19. The molecule has 9 heteroatoms. The van der Waals surface area contributed by atoms with Gasteiger partial charge in [-0.1, -0.05) is 29.8 Å². The molecule has 0 aliphatic carbocycles. The zero-order chi connectivity index (χ0) is 23.5. The minimum Gasteiger partial charge on any atom is -0.337 e. The maximum Gasteiger partial charge on any atom is 0.274 e. The van der Waals surface area contributed by atoms with Gasteiger partial charge in [-0.3, -0.25) is 14.2 Å². The first kappa shape index (κ1) is 23.0.